The third-order valence-electron chi connectivity index (χ3n) is 2.97. The van der Waals surface area contributed by atoms with Crippen molar-refractivity contribution in [2.24, 2.45) is 0 Å². The van der Waals surface area contributed by atoms with Gasteiger partial charge in [-0.05, 0) is 46.3 Å². The van der Waals surface area contributed by atoms with Gasteiger partial charge in [-0.15, -0.1) is 0 Å². The van der Waals surface area contributed by atoms with Crippen molar-refractivity contribution in [1.29, 1.82) is 0 Å². The van der Waals surface area contributed by atoms with Crippen LogP contribution in [0.2, 0.25) is 0 Å². The lowest BCUT2D eigenvalue weighted by Crippen LogP contribution is -2.16. The summed E-state index contributed by atoms with van der Waals surface area (Å²) in [7, 11) is 0. The molecule has 0 aliphatic rings. The van der Waals surface area contributed by atoms with Gasteiger partial charge in [0, 0.05) is 22.8 Å². The summed E-state index contributed by atoms with van der Waals surface area (Å²) in [6.45, 7) is -0.0802. The maximum Gasteiger partial charge on any atom is 0.331 e. The van der Waals surface area contributed by atoms with Crippen molar-refractivity contribution in [3.8, 4) is 0 Å². The van der Waals surface area contributed by atoms with E-state index in [0.717, 1.165) is 4.47 Å². The Morgan fingerprint density at radius 3 is 3.04 bits per heavy atom. The second-order valence-electron chi connectivity index (χ2n) is 4.62. The summed E-state index contributed by atoms with van der Waals surface area (Å²) in [6, 6.07) is 8.25. The number of aromatic nitrogens is 2. The van der Waals surface area contributed by atoms with Crippen LogP contribution < -0.4 is 5.56 Å². The minimum Gasteiger partial charge on any atom is -0.465 e. The molecule has 116 valence electrons. The summed E-state index contributed by atoms with van der Waals surface area (Å²) in [4.78, 5) is 27.9. The summed E-state index contributed by atoms with van der Waals surface area (Å²) < 4.78 is 12.3. The monoisotopic (exact) mass is 374 g/mol. The van der Waals surface area contributed by atoms with Crippen LogP contribution in [0.4, 0.5) is 0 Å². The van der Waals surface area contributed by atoms with Crippen LogP contribution in [-0.2, 0) is 16.1 Å². The van der Waals surface area contributed by atoms with E-state index in [2.05, 4.69) is 20.9 Å². The fraction of sp³-hybridized carbons (Fsp3) is 0.0625. The van der Waals surface area contributed by atoms with Gasteiger partial charge in [-0.2, -0.15) is 0 Å². The van der Waals surface area contributed by atoms with E-state index >= 15 is 0 Å². The number of fused-ring (bicyclic) bond motifs is 1. The SMILES string of the molecule is O=C(/C=C/c1ccco1)OCc1cc(=O)n2cc(Br)ccc2n1. The Bertz CT molecular complexity index is 929. The number of nitrogens with zero attached hydrogens (tertiary/aromatic N) is 2. The molecule has 3 rings (SSSR count). The number of halogens is 1. The highest BCUT2D eigenvalue weighted by Gasteiger charge is 2.05. The smallest absolute Gasteiger partial charge is 0.331 e. The van der Waals surface area contributed by atoms with E-state index in [1.807, 2.05) is 0 Å². The molecule has 3 heterocycles. The average molecular weight is 375 g/mol. The van der Waals surface area contributed by atoms with E-state index in [1.165, 1.54) is 28.9 Å². The topological polar surface area (TPSA) is 73.8 Å². The number of rotatable bonds is 4. The van der Waals surface area contributed by atoms with E-state index in [0.29, 0.717) is 17.1 Å². The predicted octanol–water partition coefficient (Wildman–Crippen LogP) is 2.81. The Hall–Kier alpha value is -2.67. The molecule has 23 heavy (non-hydrogen) atoms. The summed E-state index contributed by atoms with van der Waals surface area (Å²) in [5.41, 5.74) is 0.628. The van der Waals surface area contributed by atoms with Gasteiger partial charge in [0.15, 0.2) is 0 Å². The molecule has 0 saturated carbocycles. The molecule has 6 nitrogen and oxygen atoms in total. The second-order valence-corrected chi connectivity index (χ2v) is 5.53. The molecule has 0 aromatic carbocycles. The summed E-state index contributed by atoms with van der Waals surface area (Å²) >= 11 is 3.30. The maximum absolute atomic E-state index is 12.0. The van der Waals surface area contributed by atoms with Gasteiger partial charge in [-0.3, -0.25) is 9.20 Å². The highest BCUT2D eigenvalue weighted by atomic mass is 79.9. The van der Waals surface area contributed by atoms with E-state index in [4.69, 9.17) is 9.15 Å². The molecule has 0 bridgehead atoms. The van der Waals surface area contributed by atoms with Gasteiger partial charge in [-0.25, -0.2) is 9.78 Å². The van der Waals surface area contributed by atoms with Gasteiger partial charge >= 0.3 is 5.97 Å². The van der Waals surface area contributed by atoms with Crippen LogP contribution in [0.1, 0.15) is 11.5 Å². The number of furan rings is 1. The Labute approximate surface area is 139 Å². The first-order valence-corrected chi connectivity index (χ1v) is 7.47. The van der Waals surface area contributed by atoms with Crippen molar-refractivity contribution in [3.63, 3.8) is 0 Å². The standard InChI is InChI=1S/C16H11BrN2O4/c17-11-3-5-14-18-12(8-15(20)19(14)9-11)10-23-16(21)6-4-13-2-1-7-22-13/h1-9H,10H2/b6-4+. The van der Waals surface area contributed by atoms with Crippen LogP contribution in [0.3, 0.4) is 0 Å². The molecule has 0 aliphatic heterocycles. The number of carbonyl (C=O) groups is 1. The minimum atomic E-state index is -0.542. The molecule has 0 spiro atoms. The van der Waals surface area contributed by atoms with Crippen molar-refractivity contribution in [1.82, 2.24) is 9.38 Å². The van der Waals surface area contributed by atoms with Crippen molar-refractivity contribution >= 4 is 33.6 Å². The van der Waals surface area contributed by atoms with Crippen molar-refractivity contribution in [3.05, 3.63) is 75.1 Å². The van der Waals surface area contributed by atoms with E-state index < -0.39 is 5.97 Å². The Morgan fingerprint density at radius 2 is 2.26 bits per heavy atom. The molecule has 0 aliphatic carbocycles. The first-order chi connectivity index (χ1) is 11.1. The normalized spacial score (nSPS) is 11.2. The zero-order valence-electron chi connectivity index (χ0n) is 11.8. The average Bonchev–Trinajstić information content (AvgIpc) is 3.05. The molecular formula is C16H11BrN2O4. The summed E-state index contributed by atoms with van der Waals surface area (Å²) in [5, 5.41) is 0. The zero-order chi connectivity index (χ0) is 16.2. The number of ether oxygens (including phenoxy) is 1. The summed E-state index contributed by atoms with van der Waals surface area (Å²) in [5.74, 6) is 0.00815. The van der Waals surface area contributed by atoms with Crippen molar-refractivity contribution < 1.29 is 13.9 Å². The van der Waals surface area contributed by atoms with Gasteiger partial charge in [0.1, 0.15) is 18.0 Å². The third kappa shape index (κ3) is 3.75. The quantitative estimate of drug-likeness (QED) is 0.518. The van der Waals surface area contributed by atoms with Gasteiger partial charge in [0.05, 0.1) is 12.0 Å². The first-order valence-electron chi connectivity index (χ1n) is 6.68. The Kier molecular flexibility index (Phi) is 4.38. The van der Waals surface area contributed by atoms with E-state index in [1.54, 1.807) is 30.5 Å². The molecule has 7 heteroatoms. The lowest BCUT2D eigenvalue weighted by molar-refractivity contribution is -0.139. The second kappa shape index (κ2) is 6.62. The van der Waals surface area contributed by atoms with Crippen LogP contribution >= 0.6 is 15.9 Å². The Morgan fingerprint density at radius 1 is 1.39 bits per heavy atom. The molecular weight excluding hydrogens is 364 g/mol. The lowest BCUT2D eigenvalue weighted by Gasteiger charge is -2.04. The highest BCUT2D eigenvalue weighted by Crippen LogP contribution is 2.10. The molecule has 3 aromatic rings. The molecule has 0 unspecified atom stereocenters. The number of hydrogen-bond donors (Lipinski definition) is 0. The third-order valence-corrected chi connectivity index (χ3v) is 3.43. The number of esters is 1. The van der Waals surface area contributed by atoms with Crippen molar-refractivity contribution in [2.75, 3.05) is 0 Å². The molecule has 0 amide bonds. The highest BCUT2D eigenvalue weighted by molar-refractivity contribution is 9.10. The van der Waals surface area contributed by atoms with Crippen LogP contribution in [0.15, 0.2) is 62.6 Å². The number of carbonyl (C=O) groups excluding carboxylic acids is 1. The lowest BCUT2D eigenvalue weighted by atomic mass is 10.4. The largest absolute Gasteiger partial charge is 0.465 e. The van der Waals surface area contributed by atoms with Gasteiger partial charge in [-0.1, -0.05) is 0 Å². The molecule has 0 saturated heterocycles. The van der Waals surface area contributed by atoms with Gasteiger partial charge in [0.25, 0.3) is 5.56 Å². The van der Waals surface area contributed by atoms with Crippen LogP contribution in [0.25, 0.3) is 11.7 Å². The van der Waals surface area contributed by atoms with Gasteiger partial charge in [0.2, 0.25) is 0 Å². The zero-order valence-corrected chi connectivity index (χ0v) is 13.4. The molecule has 0 N–H and O–H groups in total. The van der Waals surface area contributed by atoms with E-state index in [9.17, 15) is 9.59 Å². The molecule has 3 aromatic heterocycles. The molecule has 0 fully saturated rings. The number of hydrogen-bond acceptors (Lipinski definition) is 5. The fourth-order valence-corrected chi connectivity index (χ4v) is 2.27. The van der Waals surface area contributed by atoms with Crippen LogP contribution in [-0.4, -0.2) is 15.4 Å². The predicted molar refractivity (Wildman–Crippen MR) is 86.7 cm³/mol. The fourth-order valence-electron chi connectivity index (χ4n) is 1.93. The van der Waals surface area contributed by atoms with Crippen molar-refractivity contribution in [2.45, 2.75) is 6.61 Å². The molecule has 0 radical (unpaired) electrons. The first kappa shape index (κ1) is 15.2. The number of pyridine rings is 1. The van der Waals surface area contributed by atoms with E-state index in [-0.39, 0.29) is 12.2 Å². The Balaban J connectivity index is 1.71. The molecule has 0 atom stereocenters. The van der Waals surface area contributed by atoms with Crippen LogP contribution in [0.5, 0.6) is 0 Å². The maximum atomic E-state index is 12.0. The van der Waals surface area contributed by atoms with Gasteiger partial charge < -0.3 is 9.15 Å². The minimum absolute atomic E-state index is 0.0802. The van der Waals surface area contributed by atoms with Crippen LogP contribution in [0, 0.1) is 0 Å². The summed E-state index contributed by atoms with van der Waals surface area (Å²) in [6.07, 6.45) is 5.90.